The average molecular weight is 207 g/mol. The van der Waals surface area contributed by atoms with E-state index >= 15 is 0 Å². The third kappa shape index (κ3) is 2.59. The number of rotatable bonds is 2. The van der Waals surface area contributed by atoms with E-state index < -0.39 is 0 Å². The molecule has 0 spiro atoms. The monoisotopic (exact) mass is 207 g/mol. The summed E-state index contributed by atoms with van der Waals surface area (Å²) in [6.45, 7) is 0. The maximum atomic E-state index is 11.8. The molecule has 1 aliphatic carbocycles. The van der Waals surface area contributed by atoms with Gasteiger partial charge in [-0.2, -0.15) is 0 Å². The minimum absolute atomic E-state index is 0.115. The summed E-state index contributed by atoms with van der Waals surface area (Å²) in [6, 6.07) is 4.01. The Balaban J connectivity index is 1.86. The summed E-state index contributed by atoms with van der Waals surface area (Å²) in [5, 5.41) is 2.87. The maximum absolute atomic E-state index is 11.8. The topological polar surface area (TPSA) is 70.9 Å². The SMILES string of the molecule is NC1CCC(C(=O)Nc2ccc[nH]2)CC1. The number of carbonyl (C=O) groups is 1. The van der Waals surface area contributed by atoms with E-state index in [1.54, 1.807) is 6.20 Å². The highest BCUT2D eigenvalue weighted by Gasteiger charge is 2.24. The summed E-state index contributed by atoms with van der Waals surface area (Å²) in [6.07, 6.45) is 5.54. The molecule has 1 fully saturated rings. The second-order valence-electron chi connectivity index (χ2n) is 4.18. The van der Waals surface area contributed by atoms with Crippen molar-refractivity contribution in [2.45, 2.75) is 31.7 Å². The minimum Gasteiger partial charge on any atom is -0.348 e. The van der Waals surface area contributed by atoms with Crippen molar-refractivity contribution < 1.29 is 4.79 Å². The van der Waals surface area contributed by atoms with Gasteiger partial charge in [-0.15, -0.1) is 0 Å². The fourth-order valence-electron chi connectivity index (χ4n) is 2.02. The number of H-pyrrole nitrogens is 1. The summed E-state index contributed by atoms with van der Waals surface area (Å²) in [5.74, 6) is 1.02. The predicted octanol–water partition coefficient (Wildman–Crippen LogP) is 1.47. The van der Waals surface area contributed by atoms with Crippen LogP contribution >= 0.6 is 0 Å². The van der Waals surface area contributed by atoms with Crippen LogP contribution in [0.15, 0.2) is 18.3 Å². The maximum Gasteiger partial charge on any atom is 0.228 e. The molecule has 0 atom stereocenters. The zero-order valence-electron chi connectivity index (χ0n) is 8.70. The normalized spacial score (nSPS) is 26.2. The first kappa shape index (κ1) is 10.2. The molecule has 0 saturated heterocycles. The summed E-state index contributed by atoms with van der Waals surface area (Å²) in [4.78, 5) is 14.8. The smallest absolute Gasteiger partial charge is 0.228 e. The molecule has 1 heterocycles. The van der Waals surface area contributed by atoms with Crippen LogP contribution < -0.4 is 11.1 Å². The van der Waals surface area contributed by atoms with Gasteiger partial charge in [-0.3, -0.25) is 4.79 Å². The van der Waals surface area contributed by atoms with Crippen molar-refractivity contribution in [3.63, 3.8) is 0 Å². The molecule has 1 aromatic heterocycles. The Morgan fingerprint density at radius 3 is 2.73 bits per heavy atom. The standard InChI is InChI=1S/C11H17N3O/c12-9-5-3-8(4-6-9)11(15)14-10-2-1-7-13-10/h1-2,7-9,13H,3-6,12H2,(H,14,15). The van der Waals surface area contributed by atoms with Crippen molar-refractivity contribution in [2.75, 3.05) is 5.32 Å². The van der Waals surface area contributed by atoms with Gasteiger partial charge in [-0.05, 0) is 37.8 Å². The highest BCUT2D eigenvalue weighted by molar-refractivity contribution is 5.91. The lowest BCUT2D eigenvalue weighted by Gasteiger charge is -2.24. The van der Waals surface area contributed by atoms with Crippen LogP contribution in [0, 0.1) is 5.92 Å². The first-order chi connectivity index (χ1) is 7.25. The van der Waals surface area contributed by atoms with Crippen molar-refractivity contribution in [3.05, 3.63) is 18.3 Å². The van der Waals surface area contributed by atoms with E-state index in [0.717, 1.165) is 31.5 Å². The molecule has 0 aliphatic heterocycles. The number of carbonyl (C=O) groups excluding carboxylic acids is 1. The minimum atomic E-state index is 0.115. The van der Waals surface area contributed by atoms with Gasteiger partial charge >= 0.3 is 0 Å². The number of aromatic nitrogens is 1. The first-order valence-corrected chi connectivity index (χ1v) is 5.45. The quantitative estimate of drug-likeness (QED) is 0.687. The lowest BCUT2D eigenvalue weighted by molar-refractivity contribution is -0.120. The Morgan fingerprint density at radius 1 is 1.40 bits per heavy atom. The molecule has 0 aromatic carbocycles. The van der Waals surface area contributed by atoms with Gasteiger partial charge in [0.05, 0.1) is 0 Å². The van der Waals surface area contributed by atoms with Gasteiger partial charge in [0.2, 0.25) is 5.91 Å². The van der Waals surface area contributed by atoms with Crippen LogP contribution in [0.1, 0.15) is 25.7 Å². The van der Waals surface area contributed by atoms with Crippen molar-refractivity contribution >= 4 is 11.7 Å². The van der Waals surface area contributed by atoms with E-state index in [4.69, 9.17) is 5.73 Å². The summed E-state index contributed by atoms with van der Waals surface area (Å²) in [7, 11) is 0. The molecule has 0 bridgehead atoms. The predicted molar refractivity (Wildman–Crippen MR) is 59.4 cm³/mol. The van der Waals surface area contributed by atoms with Crippen LogP contribution in [-0.4, -0.2) is 16.9 Å². The van der Waals surface area contributed by atoms with E-state index in [9.17, 15) is 4.79 Å². The largest absolute Gasteiger partial charge is 0.348 e. The van der Waals surface area contributed by atoms with E-state index in [-0.39, 0.29) is 11.8 Å². The highest BCUT2D eigenvalue weighted by Crippen LogP contribution is 2.24. The molecule has 4 N–H and O–H groups in total. The van der Waals surface area contributed by atoms with Crippen LogP contribution in [-0.2, 0) is 4.79 Å². The van der Waals surface area contributed by atoms with E-state index in [0.29, 0.717) is 6.04 Å². The lowest BCUT2D eigenvalue weighted by Crippen LogP contribution is -2.32. The van der Waals surface area contributed by atoms with E-state index in [2.05, 4.69) is 10.3 Å². The van der Waals surface area contributed by atoms with Crippen molar-refractivity contribution in [2.24, 2.45) is 11.7 Å². The van der Waals surface area contributed by atoms with E-state index in [1.807, 2.05) is 12.1 Å². The molecule has 1 aliphatic rings. The number of aromatic amines is 1. The third-order valence-corrected chi connectivity index (χ3v) is 3.00. The highest BCUT2D eigenvalue weighted by atomic mass is 16.1. The molecular formula is C11H17N3O. The Morgan fingerprint density at radius 2 is 2.13 bits per heavy atom. The van der Waals surface area contributed by atoms with Crippen molar-refractivity contribution in [3.8, 4) is 0 Å². The van der Waals surface area contributed by atoms with Gasteiger partial charge < -0.3 is 16.0 Å². The second kappa shape index (κ2) is 4.49. The zero-order valence-corrected chi connectivity index (χ0v) is 8.70. The number of amides is 1. The average Bonchev–Trinajstić information content (AvgIpc) is 2.71. The number of hydrogen-bond donors (Lipinski definition) is 3. The van der Waals surface area contributed by atoms with Gasteiger partial charge in [0.1, 0.15) is 5.82 Å². The molecule has 15 heavy (non-hydrogen) atoms. The molecule has 2 rings (SSSR count). The Kier molecular flexibility index (Phi) is 3.06. The van der Waals surface area contributed by atoms with Crippen molar-refractivity contribution in [1.82, 2.24) is 4.98 Å². The summed E-state index contributed by atoms with van der Waals surface area (Å²) < 4.78 is 0. The Hall–Kier alpha value is -1.29. The molecular weight excluding hydrogens is 190 g/mol. The van der Waals surface area contributed by atoms with Crippen LogP contribution in [0.25, 0.3) is 0 Å². The number of anilines is 1. The fourth-order valence-corrected chi connectivity index (χ4v) is 2.02. The van der Waals surface area contributed by atoms with Crippen molar-refractivity contribution in [1.29, 1.82) is 0 Å². The van der Waals surface area contributed by atoms with Gasteiger partial charge in [-0.1, -0.05) is 0 Å². The fraction of sp³-hybridized carbons (Fsp3) is 0.545. The summed E-state index contributed by atoms with van der Waals surface area (Å²) in [5.41, 5.74) is 5.80. The first-order valence-electron chi connectivity index (χ1n) is 5.45. The van der Waals surface area contributed by atoms with Gasteiger partial charge in [-0.25, -0.2) is 0 Å². The van der Waals surface area contributed by atoms with Gasteiger partial charge in [0, 0.05) is 18.2 Å². The molecule has 0 radical (unpaired) electrons. The molecule has 82 valence electrons. The van der Waals surface area contributed by atoms with Gasteiger partial charge in [0.15, 0.2) is 0 Å². The van der Waals surface area contributed by atoms with Gasteiger partial charge in [0.25, 0.3) is 0 Å². The molecule has 1 amide bonds. The molecule has 4 nitrogen and oxygen atoms in total. The number of hydrogen-bond acceptors (Lipinski definition) is 2. The second-order valence-corrected chi connectivity index (χ2v) is 4.18. The number of nitrogens with one attached hydrogen (secondary N) is 2. The summed E-state index contributed by atoms with van der Waals surface area (Å²) >= 11 is 0. The van der Waals surface area contributed by atoms with E-state index in [1.165, 1.54) is 0 Å². The zero-order chi connectivity index (χ0) is 10.7. The van der Waals surface area contributed by atoms with Crippen LogP contribution in [0.3, 0.4) is 0 Å². The Labute approximate surface area is 89.2 Å². The van der Waals surface area contributed by atoms with Crippen LogP contribution in [0.4, 0.5) is 5.82 Å². The Bertz CT molecular complexity index is 313. The van der Waals surface area contributed by atoms with Crippen LogP contribution in [0.2, 0.25) is 0 Å². The lowest BCUT2D eigenvalue weighted by atomic mass is 9.86. The molecule has 0 unspecified atom stereocenters. The van der Waals surface area contributed by atoms with Crippen LogP contribution in [0.5, 0.6) is 0 Å². The molecule has 1 saturated carbocycles. The molecule has 1 aromatic rings. The number of nitrogens with two attached hydrogens (primary N) is 1. The third-order valence-electron chi connectivity index (χ3n) is 3.00. The molecule has 4 heteroatoms.